The van der Waals surface area contributed by atoms with Gasteiger partial charge in [0.2, 0.25) is 5.88 Å². The summed E-state index contributed by atoms with van der Waals surface area (Å²) in [4.78, 5) is 10.8. The van der Waals surface area contributed by atoms with Gasteiger partial charge < -0.3 is 15.4 Å². The topological polar surface area (TPSA) is 64.3 Å². The molecule has 1 atom stereocenters. The minimum atomic E-state index is -0.168. The van der Waals surface area contributed by atoms with E-state index in [0.717, 1.165) is 18.5 Å². The van der Waals surface area contributed by atoms with Crippen molar-refractivity contribution in [2.75, 3.05) is 21.2 Å². The summed E-state index contributed by atoms with van der Waals surface area (Å²) in [5, 5.41) is 0. The number of methoxy groups -OCH3 is 1. The van der Waals surface area contributed by atoms with Crippen molar-refractivity contribution in [3.05, 3.63) is 18.1 Å². The van der Waals surface area contributed by atoms with E-state index in [9.17, 15) is 0 Å². The van der Waals surface area contributed by atoms with E-state index < -0.39 is 0 Å². The third-order valence-electron chi connectivity index (χ3n) is 4.12. The number of likely N-dealkylation sites (N-methyl/N-ethyl adjacent to an activating group) is 1. The van der Waals surface area contributed by atoms with Gasteiger partial charge in [-0.2, -0.15) is 0 Å². The predicted octanol–water partition coefficient (Wildman–Crippen LogP) is 1.36. The molecule has 1 heterocycles. The van der Waals surface area contributed by atoms with Crippen LogP contribution in [0.15, 0.2) is 12.4 Å². The fourth-order valence-electron chi connectivity index (χ4n) is 2.98. The molecule has 100 valence electrons. The van der Waals surface area contributed by atoms with Crippen molar-refractivity contribution in [3.63, 3.8) is 0 Å². The molecule has 0 radical (unpaired) electrons. The van der Waals surface area contributed by atoms with Crippen LogP contribution < -0.4 is 10.5 Å². The molecule has 0 saturated heterocycles. The number of hydrogen-bond acceptors (Lipinski definition) is 5. The maximum Gasteiger partial charge on any atom is 0.237 e. The Bertz CT molecular complexity index is 402. The summed E-state index contributed by atoms with van der Waals surface area (Å²) >= 11 is 0. The second-order valence-corrected chi connectivity index (χ2v) is 5.13. The van der Waals surface area contributed by atoms with Crippen molar-refractivity contribution < 1.29 is 4.74 Å². The van der Waals surface area contributed by atoms with Crippen LogP contribution in [-0.4, -0.2) is 41.6 Å². The summed E-state index contributed by atoms with van der Waals surface area (Å²) in [5.74, 6) is 0.540. The summed E-state index contributed by atoms with van der Waals surface area (Å²) in [5.41, 5.74) is 7.22. The monoisotopic (exact) mass is 250 g/mol. The average Bonchev–Trinajstić information content (AvgIpc) is 2.88. The van der Waals surface area contributed by atoms with Gasteiger partial charge in [0.15, 0.2) is 0 Å². The molecule has 1 aliphatic carbocycles. The quantitative estimate of drug-likeness (QED) is 0.874. The normalized spacial score (nSPS) is 20.1. The van der Waals surface area contributed by atoms with Crippen molar-refractivity contribution >= 4 is 0 Å². The standard InChI is InChI=1S/C13H22N4O/c1-17(2)13(6-4-5-7-13)11(14)10-12(18-3)16-9-8-15-10/h8-9,11H,4-7,14H2,1-3H3. The summed E-state index contributed by atoms with van der Waals surface area (Å²) < 4.78 is 5.28. The third kappa shape index (κ3) is 2.08. The number of nitrogens with zero attached hydrogens (tertiary/aromatic N) is 3. The lowest BCUT2D eigenvalue weighted by Gasteiger charge is -2.41. The van der Waals surface area contributed by atoms with E-state index in [4.69, 9.17) is 10.5 Å². The van der Waals surface area contributed by atoms with Crippen LogP contribution in [0.25, 0.3) is 0 Å². The Morgan fingerprint density at radius 3 is 2.44 bits per heavy atom. The predicted molar refractivity (Wildman–Crippen MR) is 70.4 cm³/mol. The van der Waals surface area contributed by atoms with Crippen LogP contribution in [0.2, 0.25) is 0 Å². The summed E-state index contributed by atoms with van der Waals surface area (Å²) in [6.45, 7) is 0. The second kappa shape index (κ2) is 5.20. The number of rotatable bonds is 4. The molecule has 1 unspecified atom stereocenters. The fraction of sp³-hybridized carbons (Fsp3) is 0.692. The van der Waals surface area contributed by atoms with Gasteiger partial charge in [-0.15, -0.1) is 0 Å². The molecule has 1 saturated carbocycles. The lowest BCUT2D eigenvalue weighted by molar-refractivity contribution is 0.119. The van der Waals surface area contributed by atoms with Gasteiger partial charge >= 0.3 is 0 Å². The molecular weight excluding hydrogens is 228 g/mol. The van der Waals surface area contributed by atoms with E-state index in [1.807, 2.05) is 0 Å². The zero-order valence-corrected chi connectivity index (χ0v) is 11.4. The van der Waals surface area contributed by atoms with Crippen LogP contribution in [0.5, 0.6) is 5.88 Å². The SMILES string of the molecule is COc1nccnc1C(N)C1(N(C)C)CCCC1. The molecule has 0 bridgehead atoms. The zero-order chi connectivity index (χ0) is 13.2. The van der Waals surface area contributed by atoms with Gasteiger partial charge in [0.05, 0.1) is 13.2 Å². The molecule has 2 rings (SSSR count). The molecule has 5 nitrogen and oxygen atoms in total. The largest absolute Gasteiger partial charge is 0.480 e. The van der Waals surface area contributed by atoms with Crippen molar-refractivity contribution in [1.29, 1.82) is 0 Å². The highest BCUT2D eigenvalue weighted by Crippen LogP contribution is 2.42. The van der Waals surface area contributed by atoms with Gasteiger partial charge in [0, 0.05) is 17.9 Å². The van der Waals surface area contributed by atoms with Crippen molar-refractivity contribution in [1.82, 2.24) is 14.9 Å². The van der Waals surface area contributed by atoms with Crippen LogP contribution >= 0.6 is 0 Å². The first-order valence-electron chi connectivity index (χ1n) is 6.40. The van der Waals surface area contributed by atoms with Gasteiger partial charge in [-0.05, 0) is 26.9 Å². The molecule has 1 fully saturated rings. The fourth-order valence-corrected chi connectivity index (χ4v) is 2.98. The van der Waals surface area contributed by atoms with E-state index >= 15 is 0 Å². The Hall–Kier alpha value is -1.20. The van der Waals surface area contributed by atoms with E-state index in [0.29, 0.717) is 5.88 Å². The van der Waals surface area contributed by atoms with Gasteiger partial charge in [-0.1, -0.05) is 12.8 Å². The van der Waals surface area contributed by atoms with Crippen LogP contribution in [0.3, 0.4) is 0 Å². The van der Waals surface area contributed by atoms with Crippen molar-refractivity contribution in [2.24, 2.45) is 5.73 Å². The molecule has 2 N–H and O–H groups in total. The maximum absolute atomic E-state index is 6.49. The third-order valence-corrected chi connectivity index (χ3v) is 4.12. The van der Waals surface area contributed by atoms with Crippen LogP contribution in [0, 0.1) is 0 Å². The molecule has 1 aromatic heterocycles. The molecule has 0 spiro atoms. The average molecular weight is 250 g/mol. The molecule has 18 heavy (non-hydrogen) atoms. The Labute approximate surface area is 108 Å². The number of aromatic nitrogens is 2. The Morgan fingerprint density at radius 1 is 1.28 bits per heavy atom. The molecule has 0 amide bonds. The number of nitrogens with two attached hydrogens (primary N) is 1. The van der Waals surface area contributed by atoms with Crippen LogP contribution in [0.1, 0.15) is 37.4 Å². The summed E-state index contributed by atoms with van der Waals surface area (Å²) in [7, 11) is 5.79. The number of hydrogen-bond donors (Lipinski definition) is 1. The first kappa shape index (κ1) is 13.2. The van der Waals surface area contributed by atoms with Gasteiger partial charge in [0.25, 0.3) is 0 Å². The highest BCUT2D eigenvalue weighted by molar-refractivity contribution is 5.25. The van der Waals surface area contributed by atoms with Crippen molar-refractivity contribution in [3.8, 4) is 5.88 Å². The number of ether oxygens (including phenoxy) is 1. The first-order chi connectivity index (χ1) is 8.62. The van der Waals surface area contributed by atoms with E-state index in [-0.39, 0.29) is 11.6 Å². The minimum Gasteiger partial charge on any atom is -0.480 e. The van der Waals surface area contributed by atoms with Gasteiger partial charge in [-0.25, -0.2) is 4.98 Å². The lowest BCUT2D eigenvalue weighted by atomic mass is 9.85. The molecule has 5 heteroatoms. The summed E-state index contributed by atoms with van der Waals surface area (Å²) in [6, 6.07) is -0.168. The molecular formula is C13H22N4O. The summed E-state index contributed by atoms with van der Waals surface area (Å²) in [6.07, 6.45) is 7.94. The lowest BCUT2D eigenvalue weighted by Crippen LogP contribution is -2.50. The second-order valence-electron chi connectivity index (χ2n) is 5.13. The minimum absolute atomic E-state index is 0.0245. The smallest absolute Gasteiger partial charge is 0.237 e. The molecule has 0 aromatic carbocycles. The maximum atomic E-state index is 6.49. The van der Waals surface area contributed by atoms with Crippen LogP contribution in [-0.2, 0) is 0 Å². The zero-order valence-electron chi connectivity index (χ0n) is 11.4. The molecule has 1 aliphatic rings. The highest BCUT2D eigenvalue weighted by Gasteiger charge is 2.43. The van der Waals surface area contributed by atoms with Crippen molar-refractivity contribution in [2.45, 2.75) is 37.3 Å². The van der Waals surface area contributed by atoms with Gasteiger partial charge in [0.1, 0.15) is 5.69 Å². The van der Waals surface area contributed by atoms with E-state index in [2.05, 4.69) is 29.0 Å². The van der Waals surface area contributed by atoms with Gasteiger partial charge in [-0.3, -0.25) is 4.98 Å². The van der Waals surface area contributed by atoms with E-state index in [1.54, 1.807) is 19.5 Å². The first-order valence-corrected chi connectivity index (χ1v) is 6.40. The van der Waals surface area contributed by atoms with Crippen LogP contribution in [0.4, 0.5) is 0 Å². The Morgan fingerprint density at radius 2 is 1.89 bits per heavy atom. The highest BCUT2D eigenvalue weighted by atomic mass is 16.5. The van der Waals surface area contributed by atoms with E-state index in [1.165, 1.54) is 12.8 Å². The Kier molecular flexibility index (Phi) is 3.82. The molecule has 0 aliphatic heterocycles. The Balaban J connectivity index is 2.37. The molecule has 1 aromatic rings.